The van der Waals surface area contributed by atoms with Crippen LogP contribution < -0.4 is 10.6 Å². The van der Waals surface area contributed by atoms with Gasteiger partial charge in [0.05, 0.1) is 4.92 Å². The molecule has 0 spiro atoms. The summed E-state index contributed by atoms with van der Waals surface area (Å²) in [6.07, 6.45) is 5.22. The molecule has 0 saturated carbocycles. The summed E-state index contributed by atoms with van der Waals surface area (Å²) >= 11 is 0. The van der Waals surface area contributed by atoms with Crippen molar-refractivity contribution in [3.63, 3.8) is 0 Å². The van der Waals surface area contributed by atoms with Gasteiger partial charge in [0.2, 0.25) is 0 Å². The van der Waals surface area contributed by atoms with Crippen molar-refractivity contribution in [2.24, 2.45) is 0 Å². The summed E-state index contributed by atoms with van der Waals surface area (Å²) in [4.78, 5) is 30.6. The molecule has 0 atom stereocenters. The van der Waals surface area contributed by atoms with E-state index in [9.17, 15) is 14.9 Å². The van der Waals surface area contributed by atoms with Gasteiger partial charge >= 0.3 is 0 Å². The first-order valence-corrected chi connectivity index (χ1v) is 7.85. The molecule has 0 aliphatic carbocycles. The molecule has 0 bridgehead atoms. The monoisotopic (exact) mass is 352 g/mol. The molecule has 2 heterocycles. The van der Waals surface area contributed by atoms with Crippen molar-refractivity contribution in [1.82, 2.24) is 19.9 Å². The molecular formula is C17H16N6O3. The van der Waals surface area contributed by atoms with Gasteiger partial charge in [0.15, 0.2) is 0 Å². The Morgan fingerprint density at radius 2 is 1.92 bits per heavy atom. The highest BCUT2D eigenvalue weighted by Crippen LogP contribution is 2.13. The molecule has 0 aliphatic rings. The van der Waals surface area contributed by atoms with Crippen LogP contribution in [0.2, 0.25) is 0 Å². The quantitative estimate of drug-likeness (QED) is 0.382. The molecule has 0 aliphatic heterocycles. The average molecular weight is 352 g/mol. The van der Waals surface area contributed by atoms with Crippen molar-refractivity contribution in [3.05, 3.63) is 76.9 Å². The van der Waals surface area contributed by atoms with Gasteiger partial charge in [-0.05, 0) is 18.2 Å². The summed E-state index contributed by atoms with van der Waals surface area (Å²) < 4.78 is 1.86. The van der Waals surface area contributed by atoms with Gasteiger partial charge in [-0.1, -0.05) is 6.07 Å². The summed E-state index contributed by atoms with van der Waals surface area (Å²) in [6.45, 7) is 0.785. The van der Waals surface area contributed by atoms with Gasteiger partial charge in [-0.15, -0.1) is 0 Å². The van der Waals surface area contributed by atoms with Gasteiger partial charge in [0.25, 0.3) is 11.6 Å². The largest absolute Gasteiger partial charge is 0.368 e. The normalized spacial score (nSPS) is 10.3. The van der Waals surface area contributed by atoms with Gasteiger partial charge in [-0.25, -0.2) is 9.97 Å². The molecule has 0 unspecified atom stereocenters. The van der Waals surface area contributed by atoms with E-state index in [1.165, 1.54) is 30.6 Å². The van der Waals surface area contributed by atoms with Crippen LogP contribution in [-0.2, 0) is 0 Å². The van der Waals surface area contributed by atoms with Gasteiger partial charge in [0.1, 0.15) is 18.0 Å². The van der Waals surface area contributed by atoms with Crippen LogP contribution in [0.4, 0.5) is 11.5 Å². The summed E-state index contributed by atoms with van der Waals surface area (Å²) in [7, 11) is 0. The lowest BCUT2D eigenvalue weighted by molar-refractivity contribution is -0.384. The second-order valence-electron chi connectivity index (χ2n) is 5.34. The van der Waals surface area contributed by atoms with E-state index < -0.39 is 4.92 Å². The van der Waals surface area contributed by atoms with Gasteiger partial charge < -0.3 is 15.2 Å². The van der Waals surface area contributed by atoms with E-state index in [0.717, 1.165) is 5.82 Å². The van der Waals surface area contributed by atoms with E-state index in [4.69, 9.17) is 0 Å². The van der Waals surface area contributed by atoms with E-state index in [1.54, 1.807) is 6.07 Å². The lowest BCUT2D eigenvalue weighted by Gasteiger charge is -2.08. The molecule has 3 aromatic rings. The van der Waals surface area contributed by atoms with Crippen molar-refractivity contribution < 1.29 is 9.72 Å². The number of aromatic nitrogens is 3. The first kappa shape index (κ1) is 17.1. The number of nitrogens with zero attached hydrogens (tertiary/aromatic N) is 4. The predicted molar refractivity (Wildman–Crippen MR) is 95.3 cm³/mol. The lowest BCUT2D eigenvalue weighted by atomic mass is 10.2. The van der Waals surface area contributed by atoms with Crippen molar-refractivity contribution in [3.8, 4) is 5.82 Å². The number of nitro benzene ring substituents is 1. The molecule has 0 saturated heterocycles. The number of carbonyl (C=O) groups is 1. The molecule has 2 aromatic heterocycles. The lowest BCUT2D eigenvalue weighted by Crippen LogP contribution is -2.28. The highest BCUT2D eigenvalue weighted by atomic mass is 16.6. The van der Waals surface area contributed by atoms with Crippen LogP contribution >= 0.6 is 0 Å². The maximum absolute atomic E-state index is 12.0. The number of benzene rings is 1. The van der Waals surface area contributed by atoms with E-state index in [-0.39, 0.29) is 17.2 Å². The maximum Gasteiger partial charge on any atom is 0.270 e. The molecular weight excluding hydrogens is 336 g/mol. The summed E-state index contributed by atoms with van der Waals surface area (Å²) in [5, 5.41) is 16.6. The molecule has 1 aromatic carbocycles. The first-order valence-electron chi connectivity index (χ1n) is 7.85. The van der Waals surface area contributed by atoms with Crippen LogP contribution in [-0.4, -0.2) is 38.5 Å². The number of carbonyl (C=O) groups excluding carboxylic acids is 1. The predicted octanol–water partition coefficient (Wildman–Crippen LogP) is 2.02. The highest BCUT2D eigenvalue weighted by Gasteiger charge is 2.10. The molecule has 1 amide bonds. The van der Waals surface area contributed by atoms with Crippen LogP contribution in [0, 0.1) is 10.1 Å². The van der Waals surface area contributed by atoms with Crippen molar-refractivity contribution in [2.45, 2.75) is 0 Å². The third kappa shape index (κ3) is 4.20. The van der Waals surface area contributed by atoms with E-state index in [0.29, 0.717) is 18.9 Å². The highest BCUT2D eigenvalue weighted by molar-refractivity contribution is 5.94. The number of amides is 1. The van der Waals surface area contributed by atoms with Crippen LogP contribution in [0.1, 0.15) is 10.4 Å². The number of rotatable bonds is 7. The number of hydrogen-bond acceptors (Lipinski definition) is 6. The zero-order chi connectivity index (χ0) is 18.4. The number of nitro groups is 1. The van der Waals surface area contributed by atoms with E-state index in [1.807, 2.05) is 29.1 Å². The number of hydrogen-bond donors (Lipinski definition) is 2. The Morgan fingerprint density at radius 3 is 2.69 bits per heavy atom. The summed E-state index contributed by atoms with van der Waals surface area (Å²) in [5.74, 6) is 0.993. The number of non-ortho nitro benzene ring substituents is 1. The van der Waals surface area contributed by atoms with E-state index >= 15 is 0 Å². The molecule has 9 nitrogen and oxygen atoms in total. The molecule has 3 rings (SSSR count). The first-order chi connectivity index (χ1) is 12.6. The van der Waals surface area contributed by atoms with Crippen LogP contribution in [0.15, 0.2) is 61.2 Å². The zero-order valence-corrected chi connectivity index (χ0v) is 13.7. The van der Waals surface area contributed by atoms with Crippen LogP contribution in [0.3, 0.4) is 0 Å². The van der Waals surface area contributed by atoms with Gasteiger partial charge in [0, 0.05) is 49.2 Å². The molecule has 132 valence electrons. The minimum Gasteiger partial charge on any atom is -0.368 e. The average Bonchev–Trinajstić information content (AvgIpc) is 3.20. The van der Waals surface area contributed by atoms with Crippen LogP contribution in [0.5, 0.6) is 0 Å². The second-order valence-corrected chi connectivity index (χ2v) is 5.34. The number of nitrogens with one attached hydrogen (secondary N) is 2. The van der Waals surface area contributed by atoms with Crippen LogP contribution in [0.25, 0.3) is 5.82 Å². The Labute approximate surface area is 148 Å². The Morgan fingerprint density at radius 1 is 1.12 bits per heavy atom. The summed E-state index contributed by atoms with van der Waals surface area (Å²) in [6, 6.07) is 11.2. The fourth-order valence-corrected chi connectivity index (χ4v) is 2.30. The second kappa shape index (κ2) is 7.88. The Kier molecular flexibility index (Phi) is 5.18. The van der Waals surface area contributed by atoms with Gasteiger partial charge in [-0.3, -0.25) is 14.9 Å². The third-order valence-electron chi connectivity index (χ3n) is 3.56. The Hall–Kier alpha value is -3.75. The van der Waals surface area contributed by atoms with Crippen molar-refractivity contribution in [2.75, 3.05) is 18.4 Å². The van der Waals surface area contributed by atoms with Crippen molar-refractivity contribution in [1.29, 1.82) is 0 Å². The minimum absolute atomic E-state index is 0.116. The minimum atomic E-state index is -0.532. The topological polar surface area (TPSA) is 115 Å². The Balaban J connectivity index is 1.51. The fourth-order valence-electron chi connectivity index (χ4n) is 2.30. The smallest absolute Gasteiger partial charge is 0.270 e. The fraction of sp³-hybridized carbons (Fsp3) is 0.118. The number of anilines is 1. The third-order valence-corrected chi connectivity index (χ3v) is 3.56. The summed E-state index contributed by atoms with van der Waals surface area (Å²) in [5.41, 5.74) is 0.130. The zero-order valence-electron chi connectivity index (χ0n) is 13.7. The molecule has 0 fully saturated rings. The molecule has 2 N–H and O–H groups in total. The Bertz CT molecular complexity index is 910. The maximum atomic E-state index is 12.0. The molecule has 26 heavy (non-hydrogen) atoms. The molecule has 0 radical (unpaired) electrons. The standard InChI is InChI=1S/C17H16N6O3/c24-17(13-4-3-5-14(10-13)23(25)26)19-7-6-18-15-11-16(21-12-20-15)22-8-1-2-9-22/h1-5,8-12H,6-7H2,(H,19,24)(H,18,20,21). The van der Waals surface area contributed by atoms with Crippen molar-refractivity contribution >= 4 is 17.4 Å². The van der Waals surface area contributed by atoms with Gasteiger partial charge in [-0.2, -0.15) is 0 Å². The van der Waals surface area contributed by atoms with E-state index in [2.05, 4.69) is 20.6 Å². The SMILES string of the molecule is O=C(NCCNc1cc(-n2cccc2)ncn1)c1cccc([N+](=O)[O-])c1. The molecule has 9 heteroatoms.